The highest BCUT2D eigenvalue weighted by Crippen LogP contribution is 2.26. The van der Waals surface area contributed by atoms with Crippen LogP contribution >= 0.6 is 11.6 Å². The average Bonchev–Trinajstić information content (AvgIpc) is 3.10. The van der Waals surface area contributed by atoms with Crippen molar-refractivity contribution in [2.45, 2.75) is 13.0 Å². The number of aromatic nitrogens is 3. The number of rotatable bonds is 4. The molecule has 0 bridgehead atoms. The minimum absolute atomic E-state index is 0.0414. The number of carboxylic acid groups (broad SMARTS) is 1. The normalized spacial score (nSPS) is 13.5. The summed E-state index contributed by atoms with van der Waals surface area (Å²) in [6.45, 7) is 0.833. The van der Waals surface area contributed by atoms with Crippen LogP contribution in [0.5, 0.6) is 0 Å². The second kappa shape index (κ2) is 6.85. The van der Waals surface area contributed by atoms with Gasteiger partial charge in [-0.05, 0) is 41.8 Å². The Morgan fingerprint density at radius 3 is 2.93 bits per heavy atom. The number of pyridine rings is 1. The van der Waals surface area contributed by atoms with Crippen LogP contribution in [0.1, 0.15) is 32.1 Å². The highest BCUT2D eigenvalue weighted by Gasteiger charge is 2.26. The number of hydrogen-bond donors (Lipinski definition) is 1. The molecular formula is C19H15ClN4O3. The predicted molar refractivity (Wildman–Crippen MR) is 99.4 cm³/mol. The molecule has 0 fully saturated rings. The van der Waals surface area contributed by atoms with E-state index in [1.54, 1.807) is 35.6 Å². The fraction of sp³-hybridized carbons (Fsp3) is 0.158. The number of aromatic carboxylic acids is 1. The molecule has 1 aliphatic rings. The number of carboxylic acids is 1. The zero-order chi connectivity index (χ0) is 19.0. The van der Waals surface area contributed by atoms with E-state index in [9.17, 15) is 14.7 Å². The zero-order valence-corrected chi connectivity index (χ0v) is 14.9. The minimum atomic E-state index is -1.09. The quantitative estimate of drug-likeness (QED) is 0.749. The molecule has 0 saturated carbocycles. The van der Waals surface area contributed by atoms with Gasteiger partial charge in [0.1, 0.15) is 0 Å². The van der Waals surface area contributed by atoms with Crippen molar-refractivity contribution in [2.24, 2.45) is 0 Å². The second-order valence-electron chi connectivity index (χ2n) is 6.24. The van der Waals surface area contributed by atoms with Crippen molar-refractivity contribution in [2.75, 3.05) is 11.4 Å². The fourth-order valence-corrected chi connectivity index (χ4v) is 3.44. The third-order valence-electron chi connectivity index (χ3n) is 4.50. The summed E-state index contributed by atoms with van der Waals surface area (Å²) in [6, 6.07) is 7.13. The number of benzene rings is 1. The molecule has 3 heterocycles. The lowest BCUT2D eigenvalue weighted by atomic mass is 9.98. The Morgan fingerprint density at radius 2 is 2.11 bits per heavy atom. The summed E-state index contributed by atoms with van der Waals surface area (Å²) >= 11 is 6.02. The van der Waals surface area contributed by atoms with Crippen molar-refractivity contribution in [3.8, 4) is 0 Å². The summed E-state index contributed by atoms with van der Waals surface area (Å²) in [6.07, 6.45) is 7.03. The second-order valence-corrected chi connectivity index (χ2v) is 6.68. The van der Waals surface area contributed by atoms with Crippen molar-refractivity contribution in [1.29, 1.82) is 0 Å². The minimum Gasteiger partial charge on any atom is -0.475 e. The maximum absolute atomic E-state index is 12.9. The van der Waals surface area contributed by atoms with Gasteiger partial charge in [0.25, 0.3) is 5.91 Å². The first kappa shape index (κ1) is 17.2. The van der Waals surface area contributed by atoms with E-state index < -0.39 is 5.97 Å². The summed E-state index contributed by atoms with van der Waals surface area (Å²) in [7, 11) is 0. The van der Waals surface area contributed by atoms with Crippen LogP contribution in [0.2, 0.25) is 5.02 Å². The summed E-state index contributed by atoms with van der Waals surface area (Å²) < 4.78 is 1.53. The van der Waals surface area contributed by atoms with Crippen molar-refractivity contribution in [3.63, 3.8) is 0 Å². The van der Waals surface area contributed by atoms with Crippen LogP contribution in [0.15, 0.2) is 49.1 Å². The van der Waals surface area contributed by atoms with Crippen LogP contribution in [-0.4, -0.2) is 38.1 Å². The van der Waals surface area contributed by atoms with E-state index in [-0.39, 0.29) is 11.7 Å². The molecule has 27 heavy (non-hydrogen) atoms. The lowest BCUT2D eigenvalue weighted by molar-refractivity contribution is 0.0678. The molecule has 0 spiro atoms. The predicted octanol–water partition coefficient (Wildman–Crippen LogP) is 2.88. The van der Waals surface area contributed by atoms with Crippen molar-refractivity contribution in [3.05, 3.63) is 76.6 Å². The molecule has 0 atom stereocenters. The van der Waals surface area contributed by atoms with Crippen molar-refractivity contribution >= 4 is 29.2 Å². The van der Waals surface area contributed by atoms with Gasteiger partial charge >= 0.3 is 5.97 Å². The van der Waals surface area contributed by atoms with Gasteiger partial charge in [0.05, 0.1) is 18.4 Å². The number of fused-ring (bicyclic) bond motifs is 1. The van der Waals surface area contributed by atoms with E-state index in [0.29, 0.717) is 35.8 Å². The van der Waals surface area contributed by atoms with E-state index in [1.165, 1.54) is 10.8 Å². The summed E-state index contributed by atoms with van der Waals surface area (Å²) in [5.41, 5.74) is 3.04. The van der Waals surface area contributed by atoms with Crippen molar-refractivity contribution in [1.82, 2.24) is 14.5 Å². The highest BCUT2D eigenvalue weighted by molar-refractivity contribution is 6.30. The molecule has 8 heteroatoms. The van der Waals surface area contributed by atoms with Crippen LogP contribution in [0.25, 0.3) is 0 Å². The van der Waals surface area contributed by atoms with Crippen LogP contribution in [0, 0.1) is 0 Å². The summed E-state index contributed by atoms with van der Waals surface area (Å²) in [5.74, 6) is -1.23. The van der Waals surface area contributed by atoms with E-state index in [1.807, 2.05) is 12.1 Å². The van der Waals surface area contributed by atoms with E-state index in [0.717, 1.165) is 11.1 Å². The average molecular weight is 383 g/mol. The zero-order valence-electron chi connectivity index (χ0n) is 14.2. The maximum atomic E-state index is 12.9. The number of nitrogens with zero attached hydrogens (tertiary/aromatic N) is 4. The molecule has 1 aliphatic heterocycles. The number of carbonyl (C=O) groups is 2. The van der Waals surface area contributed by atoms with Gasteiger partial charge in [0, 0.05) is 35.7 Å². The SMILES string of the molecule is O=C(O)c1nccn1Cc1cncc(N2CCc3cc(Cl)ccc3C2=O)c1. The smallest absolute Gasteiger partial charge is 0.372 e. The third kappa shape index (κ3) is 3.29. The van der Waals surface area contributed by atoms with Gasteiger partial charge in [-0.3, -0.25) is 9.78 Å². The van der Waals surface area contributed by atoms with Crippen LogP contribution in [-0.2, 0) is 13.0 Å². The van der Waals surface area contributed by atoms with E-state index in [4.69, 9.17) is 11.6 Å². The number of anilines is 1. The molecule has 0 radical (unpaired) electrons. The first-order chi connectivity index (χ1) is 13.0. The fourth-order valence-electron chi connectivity index (χ4n) is 3.24. The Kier molecular flexibility index (Phi) is 4.37. The molecule has 0 aliphatic carbocycles. The number of halogens is 1. The Bertz CT molecular complexity index is 1050. The molecule has 2 aromatic heterocycles. The first-order valence-corrected chi connectivity index (χ1v) is 8.69. The van der Waals surface area contributed by atoms with Crippen molar-refractivity contribution < 1.29 is 14.7 Å². The Balaban J connectivity index is 1.61. The number of carbonyl (C=O) groups excluding carboxylic acids is 1. The molecule has 3 aromatic rings. The van der Waals surface area contributed by atoms with Gasteiger partial charge in [-0.25, -0.2) is 9.78 Å². The van der Waals surface area contributed by atoms with E-state index in [2.05, 4.69) is 9.97 Å². The lowest BCUT2D eigenvalue weighted by Crippen LogP contribution is -2.37. The molecule has 1 amide bonds. The van der Waals surface area contributed by atoms with Crippen LogP contribution in [0.3, 0.4) is 0 Å². The monoisotopic (exact) mass is 382 g/mol. The maximum Gasteiger partial charge on any atom is 0.372 e. The van der Waals surface area contributed by atoms with Crippen LogP contribution in [0.4, 0.5) is 5.69 Å². The molecule has 1 aromatic carbocycles. The van der Waals surface area contributed by atoms with Gasteiger partial charge in [-0.1, -0.05) is 11.6 Å². The Morgan fingerprint density at radius 1 is 1.26 bits per heavy atom. The summed E-state index contributed by atoms with van der Waals surface area (Å²) in [4.78, 5) is 33.8. The molecule has 7 nitrogen and oxygen atoms in total. The summed E-state index contributed by atoms with van der Waals surface area (Å²) in [5, 5.41) is 9.80. The molecule has 0 unspecified atom stereocenters. The highest BCUT2D eigenvalue weighted by atomic mass is 35.5. The first-order valence-electron chi connectivity index (χ1n) is 8.31. The van der Waals surface area contributed by atoms with Gasteiger partial charge < -0.3 is 14.6 Å². The van der Waals surface area contributed by atoms with Gasteiger partial charge in [-0.15, -0.1) is 0 Å². The molecular weight excluding hydrogens is 368 g/mol. The standard InChI is InChI=1S/C19H15ClN4O3/c20-14-1-2-16-13(8-14)3-5-24(18(16)25)15-7-12(9-21-10-15)11-23-6-4-22-17(23)19(26)27/h1-2,4,6-10H,3,5,11H2,(H,26,27). The largest absolute Gasteiger partial charge is 0.475 e. The van der Waals surface area contributed by atoms with Crippen LogP contribution < -0.4 is 4.90 Å². The Hall–Kier alpha value is -3.19. The molecule has 4 rings (SSSR count). The molecule has 1 N–H and O–H groups in total. The third-order valence-corrected chi connectivity index (χ3v) is 4.73. The Labute approximate surface area is 159 Å². The topological polar surface area (TPSA) is 88.3 Å². The lowest BCUT2D eigenvalue weighted by Gasteiger charge is -2.28. The molecule has 136 valence electrons. The van der Waals surface area contributed by atoms with Gasteiger partial charge in [0.2, 0.25) is 5.82 Å². The van der Waals surface area contributed by atoms with Gasteiger partial charge in [-0.2, -0.15) is 0 Å². The number of imidazole rings is 1. The van der Waals surface area contributed by atoms with E-state index >= 15 is 0 Å². The molecule has 0 saturated heterocycles. The number of hydrogen-bond acceptors (Lipinski definition) is 4. The van der Waals surface area contributed by atoms with Gasteiger partial charge in [0.15, 0.2) is 0 Å². The number of amides is 1.